The van der Waals surface area contributed by atoms with Gasteiger partial charge in [0.15, 0.2) is 6.10 Å². The number of carboxylic acid groups (broad SMARTS) is 1. The first kappa shape index (κ1) is 15.0. The van der Waals surface area contributed by atoms with Crippen molar-refractivity contribution in [3.63, 3.8) is 0 Å². The van der Waals surface area contributed by atoms with E-state index in [4.69, 9.17) is 14.9 Å². The fraction of sp³-hybridized carbons (Fsp3) is 0.385. The van der Waals surface area contributed by atoms with Gasteiger partial charge in [-0.25, -0.2) is 4.79 Å². The van der Waals surface area contributed by atoms with E-state index in [-0.39, 0.29) is 12.6 Å². The lowest BCUT2D eigenvalue weighted by Crippen LogP contribution is -2.36. The van der Waals surface area contributed by atoms with Crippen molar-refractivity contribution in [2.24, 2.45) is 0 Å². The van der Waals surface area contributed by atoms with Crippen LogP contribution in [0.2, 0.25) is 0 Å². The van der Waals surface area contributed by atoms with Crippen molar-refractivity contribution in [1.82, 2.24) is 5.32 Å². The molecule has 1 amide bonds. The fourth-order valence-corrected chi connectivity index (χ4v) is 1.34. The van der Waals surface area contributed by atoms with Crippen LogP contribution in [0, 0.1) is 0 Å². The lowest BCUT2D eigenvalue weighted by molar-refractivity contribution is -0.146. The Morgan fingerprint density at radius 2 is 1.84 bits per heavy atom. The molecule has 1 aromatic rings. The minimum atomic E-state index is -1.60. The molecule has 104 valence electrons. The first-order chi connectivity index (χ1) is 8.90. The maximum Gasteiger partial charge on any atom is 0.334 e. The van der Waals surface area contributed by atoms with Gasteiger partial charge in [-0.2, -0.15) is 0 Å². The van der Waals surface area contributed by atoms with Gasteiger partial charge in [-0.1, -0.05) is 0 Å². The lowest BCUT2D eigenvalue weighted by Gasteiger charge is -2.10. The van der Waals surface area contributed by atoms with Crippen LogP contribution in [0.15, 0.2) is 24.3 Å². The van der Waals surface area contributed by atoms with Gasteiger partial charge in [-0.05, 0) is 38.1 Å². The van der Waals surface area contributed by atoms with Crippen molar-refractivity contribution in [2.75, 3.05) is 6.54 Å². The summed E-state index contributed by atoms with van der Waals surface area (Å²) in [5.41, 5.74) is 0.369. The van der Waals surface area contributed by atoms with Gasteiger partial charge < -0.3 is 20.3 Å². The predicted octanol–water partition coefficient (Wildman–Crippen LogP) is 0.649. The number of carbonyl (C=O) groups excluding carboxylic acids is 1. The number of hydrogen-bond acceptors (Lipinski definition) is 4. The second kappa shape index (κ2) is 6.75. The molecule has 0 aliphatic carbocycles. The fourth-order valence-electron chi connectivity index (χ4n) is 1.34. The summed E-state index contributed by atoms with van der Waals surface area (Å²) >= 11 is 0. The normalized spacial score (nSPS) is 12.0. The quantitative estimate of drug-likeness (QED) is 0.703. The summed E-state index contributed by atoms with van der Waals surface area (Å²) in [6.07, 6.45) is -1.56. The summed E-state index contributed by atoms with van der Waals surface area (Å²) < 4.78 is 5.43. The average Bonchev–Trinajstić information content (AvgIpc) is 2.35. The Morgan fingerprint density at radius 3 is 2.32 bits per heavy atom. The Hall–Kier alpha value is -2.08. The highest BCUT2D eigenvalue weighted by atomic mass is 16.5. The Morgan fingerprint density at radius 1 is 1.26 bits per heavy atom. The molecular weight excluding hydrogens is 250 g/mol. The van der Waals surface area contributed by atoms with Crippen molar-refractivity contribution in [2.45, 2.75) is 26.1 Å². The van der Waals surface area contributed by atoms with Gasteiger partial charge in [0.05, 0.1) is 12.6 Å². The first-order valence-electron chi connectivity index (χ1n) is 5.86. The van der Waals surface area contributed by atoms with Gasteiger partial charge >= 0.3 is 5.97 Å². The van der Waals surface area contributed by atoms with Gasteiger partial charge in [-0.15, -0.1) is 0 Å². The van der Waals surface area contributed by atoms with E-state index in [1.807, 2.05) is 13.8 Å². The van der Waals surface area contributed by atoms with Gasteiger partial charge in [0.25, 0.3) is 5.91 Å². The monoisotopic (exact) mass is 267 g/mol. The third kappa shape index (κ3) is 4.97. The van der Waals surface area contributed by atoms with Crippen molar-refractivity contribution in [3.05, 3.63) is 29.8 Å². The third-order valence-corrected chi connectivity index (χ3v) is 2.23. The van der Waals surface area contributed by atoms with E-state index in [9.17, 15) is 9.59 Å². The van der Waals surface area contributed by atoms with Crippen LogP contribution in [0.25, 0.3) is 0 Å². The maximum absolute atomic E-state index is 11.6. The number of nitrogens with one attached hydrogen (secondary N) is 1. The van der Waals surface area contributed by atoms with Crippen molar-refractivity contribution in [3.8, 4) is 5.75 Å². The van der Waals surface area contributed by atoms with Gasteiger partial charge in [0.2, 0.25) is 0 Å². The molecule has 0 bridgehead atoms. The van der Waals surface area contributed by atoms with E-state index < -0.39 is 18.0 Å². The van der Waals surface area contributed by atoms with Gasteiger partial charge in [-0.3, -0.25) is 4.79 Å². The molecule has 1 atom stereocenters. The zero-order valence-electron chi connectivity index (χ0n) is 10.8. The summed E-state index contributed by atoms with van der Waals surface area (Å²) in [7, 11) is 0. The minimum absolute atomic E-state index is 0.0467. The maximum atomic E-state index is 11.6. The summed E-state index contributed by atoms with van der Waals surface area (Å²) in [5.74, 6) is -1.17. The van der Waals surface area contributed by atoms with Crippen LogP contribution in [-0.2, 0) is 4.79 Å². The van der Waals surface area contributed by atoms with Crippen LogP contribution >= 0.6 is 0 Å². The Bertz CT molecular complexity index is 441. The molecule has 6 heteroatoms. The molecule has 0 spiro atoms. The number of amides is 1. The zero-order chi connectivity index (χ0) is 14.4. The Kier molecular flexibility index (Phi) is 5.32. The highest BCUT2D eigenvalue weighted by Gasteiger charge is 2.14. The summed E-state index contributed by atoms with van der Waals surface area (Å²) in [5, 5.41) is 19.8. The molecule has 0 saturated heterocycles. The van der Waals surface area contributed by atoms with E-state index in [0.717, 1.165) is 0 Å². The molecule has 19 heavy (non-hydrogen) atoms. The molecule has 0 fully saturated rings. The largest absolute Gasteiger partial charge is 0.491 e. The number of hydrogen-bond donors (Lipinski definition) is 3. The molecule has 0 heterocycles. The highest BCUT2D eigenvalue weighted by molar-refractivity contribution is 5.94. The van der Waals surface area contributed by atoms with E-state index >= 15 is 0 Å². The summed E-state index contributed by atoms with van der Waals surface area (Å²) in [6.45, 7) is 3.46. The average molecular weight is 267 g/mol. The number of benzene rings is 1. The van der Waals surface area contributed by atoms with Gasteiger partial charge in [0, 0.05) is 5.56 Å². The molecule has 0 aliphatic rings. The third-order valence-electron chi connectivity index (χ3n) is 2.23. The number of carboxylic acids is 1. The van der Waals surface area contributed by atoms with Crippen LogP contribution in [0.1, 0.15) is 24.2 Å². The number of rotatable bonds is 6. The Labute approximate surface area is 111 Å². The predicted molar refractivity (Wildman–Crippen MR) is 68.2 cm³/mol. The minimum Gasteiger partial charge on any atom is -0.491 e. The zero-order valence-corrected chi connectivity index (χ0v) is 10.8. The molecule has 0 saturated carbocycles. The number of aliphatic carboxylic acids is 1. The molecular formula is C13H17NO5. The number of ether oxygens (including phenoxy) is 1. The van der Waals surface area contributed by atoms with Crippen LogP contribution in [-0.4, -0.2) is 40.8 Å². The van der Waals surface area contributed by atoms with Crippen LogP contribution in [0.4, 0.5) is 0 Å². The molecule has 1 rings (SSSR count). The summed E-state index contributed by atoms with van der Waals surface area (Å²) in [6, 6.07) is 6.45. The number of aliphatic hydroxyl groups is 1. The second-order valence-electron chi connectivity index (χ2n) is 4.26. The van der Waals surface area contributed by atoms with Crippen LogP contribution in [0.3, 0.4) is 0 Å². The van der Waals surface area contributed by atoms with E-state index in [0.29, 0.717) is 11.3 Å². The van der Waals surface area contributed by atoms with E-state index in [1.165, 1.54) is 0 Å². The van der Waals surface area contributed by atoms with Crippen molar-refractivity contribution >= 4 is 11.9 Å². The summed E-state index contributed by atoms with van der Waals surface area (Å²) in [4.78, 5) is 22.0. The molecule has 0 aromatic heterocycles. The van der Waals surface area contributed by atoms with E-state index in [2.05, 4.69) is 5.32 Å². The smallest absolute Gasteiger partial charge is 0.334 e. The number of carbonyl (C=O) groups is 2. The van der Waals surface area contributed by atoms with E-state index in [1.54, 1.807) is 24.3 Å². The highest BCUT2D eigenvalue weighted by Crippen LogP contribution is 2.13. The molecule has 6 nitrogen and oxygen atoms in total. The molecule has 0 aliphatic heterocycles. The standard InChI is InChI=1S/C13H17NO5/c1-8(2)19-10-5-3-9(4-6-10)12(16)14-7-11(15)13(17)18/h3-6,8,11,15H,7H2,1-2H3,(H,14,16)(H,17,18). The van der Waals surface area contributed by atoms with Crippen molar-refractivity contribution in [1.29, 1.82) is 0 Å². The first-order valence-corrected chi connectivity index (χ1v) is 5.86. The number of aliphatic hydroxyl groups excluding tert-OH is 1. The molecule has 1 aromatic carbocycles. The Balaban J connectivity index is 2.55. The molecule has 1 unspecified atom stereocenters. The van der Waals surface area contributed by atoms with Crippen molar-refractivity contribution < 1.29 is 24.5 Å². The molecule has 3 N–H and O–H groups in total. The molecule has 0 radical (unpaired) electrons. The lowest BCUT2D eigenvalue weighted by atomic mass is 10.2. The van der Waals surface area contributed by atoms with Crippen LogP contribution in [0.5, 0.6) is 5.75 Å². The van der Waals surface area contributed by atoms with Crippen LogP contribution < -0.4 is 10.1 Å². The topological polar surface area (TPSA) is 95.9 Å². The van der Waals surface area contributed by atoms with Gasteiger partial charge in [0.1, 0.15) is 5.75 Å². The SMILES string of the molecule is CC(C)Oc1ccc(C(=O)NCC(O)C(=O)O)cc1. The second-order valence-corrected chi connectivity index (χ2v) is 4.26.